The minimum Gasteiger partial charge on any atom is -0.479 e. The van der Waals surface area contributed by atoms with Crippen LogP contribution in [0.5, 0.6) is 5.88 Å². The predicted octanol–water partition coefficient (Wildman–Crippen LogP) is 6.35. The van der Waals surface area contributed by atoms with Crippen LogP contribution < -0.4 is 9.64 Å². The van der Waals surface area contributed by atoms with E-state index >= 15 is 0 Å². The molecule has 0 unspecified atom stereocenters. The van der Waals surface area contributed by atoms with Gasteiger partial charge in [0.1, 0.15) is 30.3 Å². The maximum atomic E-state index is 13.0. The Balaban J connectivity index is 1.45. The van der Waals surface area contributed by atoms with E-state index in [9.17, 15) is 26.3 Å². The molecular formula is C26H24ClF6N7O. The van der Waals surface area contributed by atoms with Crippen LogP contribution in [0.15, 0.2) is 42.9 Å². The Morgan fingerprint density at radius 1 is 1.05 bits per heavy atom. The van der Waals surface area contributed by atoms with Crippen LogP contribution in [0.2, 0.25) is 5.02 Å². The third-order valence-electron chi connectivity index (χ3n) is 6.59. The average molecular weight is 600 g/mol. The smallest absolute Gasteiger partial charge is 0.405 e. The first kappa shape index (κ1) is 28.7. The molecule has 41 heavy (non-hydrogen) atoms. The van der Waals surface area contributed by atoms with Gasteiger partial charge in [-0.25, -0.2) is 19.6 Å². The third kappa shape index (κ3) is 6.42. The summed E-state index contributed by atoms with van der Waals surface area (Å²) >= 11 is 6.47. The lowest BCUT2D eigenvalue weighted by atomic mass is 9.91. The summed E-state index contributed by atoms with van der Waals surface area (Å²) in [7, 11) is 1.50. The molecule has 0 bridgehead atoms. The number of rotatable bonds is 7. The van der Waals surface area contributed by atoms with Crippen molar-refractivity contribution in [3.63, 3.8) is 0 Å². The summed E-state index contributed by atoms with van der Waals surface area (Å²) in [4.78, 5) is 13.7. The monoisotopic (exact) mass is 599 g/mol. The van der Waals surface area contributed by atoms with Gasteiger partial charge in [-0.2, -0.15) is 26.3 Å². The largest absolute Gasteiger partial charge is 0.479 e. The quantitative estimate of drug-likeness (QED) is 0.230. The average Bonchev–Trinajstić information content (AvgIpc) is 3.52. The van der Waals surface area contributed by atoms with E-state index < -0.39 is 25.4 Å². The van der Waals surface area contributed by atoms with Crippen molar-refractivity contribution >= 4 is 17.3 Å². The normalized spacial score (nSPS) is 15.6. The lowest BCUT2D eigenvalue weighted by Gasteiger charge is -2.28. The van der Waals surface area contributed by atoms with Crippen LogP contribution >= 0.6 is 11.6 Å². The van der Waals surface area contributed by atoms with Crippen molar-refractivity contribution < 1.29 is 31.1 Å². The maximum absolute atomic E-state index is 13.0. The first-order valence-corrected chi connectivity index (χ1v) is 12.9. The molecule has 0 amide bonds. The maximum Gasteiger partial charge on any atom is 0.405 e. The Morgan fingerprint density at radius 2 is 1.78 bits per heavy atom. The molecule has 1 aliphatic rings. The van der Waals surface area contributed by atoms with Crippen LogP contribution in [0.1, 0.15) is 35.8 Å². The fraction of sp³-hybridized carbons (Fsp3) is 0.385. The Bertz CT molecular complexity index is 1530. The van der Waals surface area contributed by atoms with Crippen LogP contribution in [-0.4, -0.2) is 61.9 Å². The second-order valence-electron chi connectivity index (χ2n) is 9.65. The van der Waals surface area contributed by atoms with Crippen molar-refractivity contribution in [3.8, 4) is 23.1 Å². The van der Waals surface area contributed by atoms with Crippen molar-refractivity contribution in [2.75, 3.05) is 25.1 Å². The summed E-state index contributed by atoms with van der Waals surface area (Å²) < 4.78 is 87.1. The number of anilines is 1. The second kappa shape index (κ2) is 10.9. The molecule has 1 aromatic carbocycles. The van der Waals surface area contributed by atoms with E-state index in [0.29, 0.717) is 53.9 Å². The fourth-order valence-corrected chi connectivity index (χ4v) is 5.18. The summed E-state index contributed by atoms with van der Waals surface area (Å²) in [6.07, 6.45) is -4.87. The molecule has 4 heterocycles. The van der Waals surface area contributed by atoms with Gasteiger partial charge >= 0.3 is 12.4 Å². The summed E-state index contributed by atoms with van der Waals surface area (Å²) in [5, 5.41) is 4.64. The van der Waals surface area contributed by atoms with E-state index in [1.54, 1.807) is 21.6 Å². The zero-order valence-corrected chi connectivity index (χ0v) is 22.6. The molecule has 8 nitrogen and oxygen atoms in total. The molecule has 0 spiro atoms. The molecule has 3 aromatic heterocycles. The van der Waals surface area contributed by atoms with Gasteiger partial charge in [-0.05, 0) is 49.6 Å². The van der Waals surface area contributed by atoms with Crippen molar-refractivity contribution in [1.82, 2.24) is 29.3 Å². The van der Waals surface area contributed by atoms with E-state index in [4.69, 9.17) is 21.3 Å². The van der Waals surface area contributed by atoms with Crippen LogP contribution in [0.4, 0.5) is 32.0 Å². The fourth-order valence-electron chi connectivity index (χ4n) is 4.88. The Kier molecular flexibility index (Phi) is 7.62. The minimum absolute atomic E-state index is 0.0413. The van der Waals surface area contributed by atoms with Crippen LogP contribution in [0, 0.1) is 6.92 Å². The van der Waals surface area contributed by atoms with E-state index in [-0.39, 0.29) is 21.5 Å². The molecule has 0 N–H and O–H groups in total. The summed E-state index contributed by atoms with van der Waals surface area (Å²) in [6.45, 7) is -1.09. The molecule has 1 atom stereocenters. The number of alkyl halides is 6. The molecule has 4 aromatic rings. The number of benzene rings is 1. The van der Waals surface area contributed by atoms with Gasteiger partial charge in [0.05, 0.1) is 19.1 Å². The number of aromatic nitrogens is 6. The first-order valence-electron chi connectivity index (χ1n) is 12.5. The third-order valence-corrected chi connectivity index (χ3v) is 6.92. The summed E-state index contributed by atoms with van der Waals surface area (Å²) in [5.74, 6) is 0.872. The highest BCUT2D eigenvalue weighted by Crippen LogP contribution is 2.39. The lowest BCUT2D eigenvalue weighted by molar-refractivity contribution is -0.137. The molecular weight excluding hydrogens is 576 g/mol. The van der Waals surface area contributed by atoms with Gasteiger partial charge in [0, 0.05) is 29.4 Å². The number of hydrogen-bond donors (Lipinski definition) is 0. The van der Waals surface area contributed by atoms with E-state index in [2.05, 4.69) is 15.1 Å². The standard InChI is InChI=1S/C26H24ClF6N7O/c1-15-11-38(14-34-15)21-8-7-20(35-24(21)41-2)22-36-23-18(4-3-9-40(23)37-22)17-6-5-16(10-19(17)27)39(12-25(28,29)30)13-26(31,32)33/h5-8,10-11,14,18H,3-4,9,12-13H2,1-2H3/t18-/m0/s1. The number of ether oxygens (including phenoxy) is 1. The highest BCUT2D eigenvalue weighted by molar-refractivity contribution is 6.31. The molecule has 0 fully saturated rings. The predicted molar refractivity (Wildman–Crippen MR) is 139 cm³/mol. The number of nitrogens with zero attached hydrogens (tertiary/aromatic N) is 7. The van der Waals surface area contributed by atoms with Gasteiger partial charge in [0.2, 0.25) is 5.88 Å². The van der Waals surface area contributed by atoms with Crippen molar-refractivity contribution in [2.45, 2.75) is 44.6 Å². The van der Waals surface area contributed by atoms with Gasteiger partial charge in [0.15, 0.2) is 5.82 Å². The number of fused-ring (bicyclic) bond motifs is 1. The zero-order valence-electron chi connectivity index (χ0n) is 21.8. The van der Waals surface area contributed by atoms with E-state index in [1.165, 1.54) is 19.2 Å². The van der Waals surface area contributed by atoms with Crippen LogP contribution in [0.25, 0.3) is 17.2 Å². The van der Waals surface area contributed by atoms with Crippen molar-refractivity contribution in [3.05, 3.63) is 65.0 Å². The van der Waals surface area contributed by atoms with Crippen molar-refractivity contribution in [2.24, 2.45) is 0 Å². The summed E-state index contributed by atoms with van der Waals surface area (Å²) in [6, 6.07) is 7.37. The molecule has 1 aliphatic heterocycles. The SMILES string of the molecule is COc1nc(-c2nc3n(n2)CCC[C@H]3c2ccc(N(CC(F)(F)F)CC(F)(F)F)cc2Cl)ccc1-n1cnc(C)c1. The van der Waals surface area contributed by atoms with Gasteiger partial charge in [-0.15, -0.1) is 5.10 Å². The number of methoxy groups -OCH3 is 1. The zero-order chi connectivity index (χ0) is 29.5. The highest BCUT2D eigenvalue weighted by atomic mass is 35.5. The Labute approximate surface area is 235 Å². The van der Waals surface area contributed by atoms with Gasteiger partial charge in [-0.3, -0.25) is 0 Å². The number of pyridine rings is 1. The van der Waals surface area contributed by atoms with Gasteiger partial charge in [-0.1, -0.05) is 17.7 Å². The topological polar surface area (TPSA) is 73.9 Å². The molecule has 15 heteroatoms. The summed E-state index contributed by atoms with van der Waals surface area (Å²) in [5.41, 5.74) is 2.21. The second-order valence-corrected chi connectivity index (χ2v) is 10.1. The molecule has 0 saturated heterocycles. The first-order chi connectivity index (χ1) is 19.3. The minimum atomic E-state index is -4.83. The van der Waals surface area contributed by atoms with Gasteiger partial charge < -0.3 is 14.2 Å². The molecule has 5 rings (SSSR count). The number of hydrogen-bond acceptors (Lipinski definition) is 6. The van der Waals surface area contributed by atoms with Crippen LogP contribution in [-0.2, 0) is 6.54 Å². The van der Waals surface area contributed by atoms with E-state index in [0.717, 1.165) is 11.8 Å². The van der Waals surface area contributed by atoms with Crippen LogP contribution in [0.3, 0.4) is 0 Å². The molecule has 0 aliphatic carbocycles. The number of halogens is 7. The van der Waals surface area contributed by atoms with E-state index in [1.807, 2.05) is 19.2 Å². The lowest BCUT2D eigenvalue weighted by Crippen LogP contribution is -2.40. The molecule has 0 saturated carbocycles. The Hall–Kier alpha value is -3.81. The number of aryl methyl sites for hydroxylation is 2. The van der Waals surface area contributed by atoms with Gasteiger partial charge in [0.25, 0.3) is 0 Å². The Morgan fingerprint density at radius 3 is 2.39 bits per heavy atom. The molecule has 218 valence electrons. The number of imidazole rings is 1. The molecule has 0 radical (unpaired) electrons. The van der Waals surface area contributed by atoms with Crippen molar-refractivity contribution in [1.29, 1.82) is 0 Å². The highest BCUT2D eigenvalue weighted by Gasteiger charge is 2.38.